The number of hydrogen-bond donors (Lipinski definition) is 1. The Balaban J connectivity index is 1.94. The molecule has 0 radical (unpaired) electrons. The van der Waals surface area contributed by atoms with Crippen LogP contribution >= 0.6 is 0 Å². The zero-order chi connectivity index (χ0) is 12.3. The van der Waals surface area contributed by atoms with E-state index in [2.05, 4.69) is 0 Å². The van der Waals surface area contributed by atoms with Gasteiger partial charge in [0, 0.05) is 6.42 Å². The molecule has 2 rings (SSSR count). The van der Waals surface area contributed by atoms with Crippen molar-refractivity contribution in [2.75, 3.05) is 0 Å². The molecular formula is C14H18O3. The quantitative estimate of drug-likeness (QED) is 0.822. The number of ether oxygens (including phenoxy) is 1. The van der Waals surface area contributed by atoms with Gasteiger partial charge in [0.1, 0.15) is 0 Å². The molecule has 0 aliphatic heterocycles. The molecule has 0 saturated heterocycles. The number of carboxylic acid groups (broad SMARTS) is 1. The van der Waals surface area contributed by atoms with E-state index in [0.717, 1.165) is 5.56 Å². The Kier molecular flexibility index (Phi) is 3.79. The van der Waals surface area contributed by atoms with Gasteiger partial charge >= 0.3 is 5.97 Å². The minimum absolute atomic E-state index is 0.0554. The molecular weight excluding hydrogens is 216 g/mol. The van der Waals surface area contributed by atoms with Crippen LogP contribution in [-0.2, 0) is 16.0 Å². The van der Waals surface area contributed by atoms with Gasteiger partial charge < -0.3 is 9.84 Å². The van der Waals surface area contributed by atoms with Crippen molar-refractivity contribution in [1.82, 2.24) is 0 Å². The predicted molar refractivity (Wildman–Crippen MR) is 64.8 cm³/mol. The average molecular weight is 234 g/mol. The van der Waals surface area contributed by atoms with E-state index < -0.39 is 12.1 Å². The fraction of sp³-hybridized carbons (Fsp3) is 0.500. The Labute approximate surface area is 101 Å². The maximum atomic E-state index is 11.2. The SMILES string of the molecule is CC(O[C@@H](Cc1ccccc1)C(=O)O)C1CC1. The Morgan fingerprint density at radius 1 is 1.41 bits per heavy atom. The van der Waals surface area contributed by atoms with Gasteiger partial charge in [0.15, 0.2) is 6.10 Å². The highest BCUT2D eigenvalue weighted by molar-refractivity contribution is 5.72. The van der Waals surface area contributed by atoms with Crippen LogP contribution in [0.25, 0.3) is 0 Å². The van der Waals surface area contributed by atoms with Crippen LogP contribution in [-0.4, -0.2) is 23.3 Å². The molecule has 1 unspecified atom stereocenters. The van der Waals surface area contributed by atoms with Gasteiger partial charge in [-0.1, -0.05) is 30.3 Å². The van der Waals surface area contributed by atoms with E-state index in [-0.39, 0.29) is 6.10 Å². The summed E-state index contributed by atoms with van der Waals surface area (Å²) in [5.74, 6) is -0.311. The van der Waals surface area contributed by atoms with Crippen molar-refractivity contribution in [3.05, 3.63) is 35.9 Å². The van der Waals surface area contributed by atoms with Crippen LogP contribution in [0.5, 0.6) is 0 Å². The maximum absolute atomic E-state index is 11.2. The first kappa shape index (κ1) is 12.1. The summed E-state index contributed by atoms with van der Waals surface area (Å²) in [4.78, 5) is 11.2. The summed E-state index contributed by atoms with van der Waals surface area (Å²) in [5, 5.41) is 9.16. The third kappa shape index (κ3) is 3.56. The van der Waals surface area contributed by atoms with Gasteiger partial charge in [-0.15, -0.1) is 0 Å². The van der Waals surface area contributed by atoms with Gasteiger partial charge in [-0.25, -0.2) is 4.79 Å². The van der Waals surface area contributed by atoms with Crippen LogP contribution in [0, 0.1) is 5.92 Å². The molecule has 1 aromatic carbocycles. The van der Waals surface area contributed by atoms with Gasteiger partial charge in [-0.05, 0) is 31.2 Å². The molecule has 2 atom stereocenters. The smallest absolute Gasteiger partial charge is 0.333 e. The molecule has 1 fully saturated rings. The minimum Gasteiger partial charge on any atom is -0.479 e. The van der Waals surface area contributed by atoms with Gasteiger partial charge in [-0.3, -0.25) is 0 Å². The topological polar surface area (TPSA) is 46.5 Å². The Hall–Kier alpha value is -1.35. The molecule has 92 valence electrons. The Bertz CT molecular complexity index is 370. The zero-order valence-electron chi connectivity index (χ0n) is 10.0. The number of carbonyl (C=O) groups is 1. The van der Waals surface area contributed by atoms with E-state index in [4.69, 9.17) is 9.84 Å². The van der Waals surface area contributed by atoms with E-state index in [1.807, 2.05) is 37.3 Å². The van der Waals surface area contributed by atoms with Crippen molar-refractivity contribution < 1.29 is 14.6 Å². The molecule has 3 nitrogen and oxygen atoms in total. The number of hydrogen-bond acceptors (Lipinski definition) is 2. The highest BCUT2D eigenvalue weighted by Gasteiger charge is 2.32. The molecule has 0 spiro atoms. The van der Waals surface area contributed by atoms with E-state index in [1.54, 1.807) is 0 Å². The summed E-state index contributed by atoms with van der Waals surface area (Å²) in [6.07, 6.45) is 2.10. The average Bonchev–Trinajstić information content (AvgIpc) is 3.13. The largest absolute Gasteiger partial charge is 0.479 e. The molecule has 1 N–H and O–H groups in total. The lowest BCUT2D eigenvalue weighted by Gasteiger charge is -2.19. The normalized spacial score (nSPS) is 18.6. The van der Waals surface area contributed by atoms with Crippen LogP contribution in [0.15, 0.2) is 30.3 Å². The van der Waals surface area contributed by atoms with Crippen molar-refractivity contribution in [3.63, 3.8) is 0 Å². The summed E-state index contributed by atoms with van der Waals surface area (Å²) in [6.45, 7) is 1.97. The van der Waals surface area contributed by atoms with Crippen LogP contribution in [0.3, 0.4) is 0 Å². The molecule has 3 heteroatoms. The number of benzene rings is 1. The third-order valence-corrected chi connectivity index (χ3v) is 3.20. The molecule has 1 aliphatic rings. The second-order valence-electron chi connectivity index (χ2n) is 4.70. The van der Waals surface area contributed by atoms with Gasteiger partial charge in [0.05, 0.1) is 6.10 Å². The lowest BCUT2D eigenvalue weighted by atomic mass is 10.1. The van der Waals surface area contributed by atoms with E-state index in [1.165, 1.54) is 12.8 Å². The summed E-state index contributed by atoms with van der Waals surface area (Å²) < 4.78 is 5.64. The second kappa shape index (κ2) is 5.32. The fourth-order valence-corrected chi connectivity index (χ4v) is 1.96. The van der Waals surface area contributed by atoms with E-state index in [9.17, 15) is 4.79 Å². The number of aliphatic carboxylic acids is 1. The first-order valence-corrected chi connectivity index (χ1v) is 6.09. The van der Waals surface area contributed by atoms with Crippen LogP contribution in [0.1, 0.15) is 25.3 Å². The van der Waals surface area contributed by atoms with Crippen LogP contribution in [0.4, 0.5) is 0 Å². The second-order valence-corrected chi connectivity index (χ2v) is 4.70. The monoisotopic (exact) mass is 234 g/mol. The molecule has 0 amide bonds. The van der Waals surface area contributed by atoms with Crippen molar-refractivity contribution in [2.24, 2.45) is 5.92 Å². The first-order chi connectivity index (χ1) is 8.16. The maximum Gasteiger partial charge on any atom is 0.333 e. The van der Waals surface area contributed by atoms with Gasteiger partial charge in [0.25, 0.3) is 0 Å². The highest BCUT2D eigenvalue weighted by Crippen LogP contribution is 2.34. The molecule has 1 saturated carbocycles. The molecule has 1 aromatic rings. The van der Waals surface area contributed by atoms with Crippen LogP contribution < -0.4 is 0 Å². The molecule has 0 bridgehead atoms. The highest BCUT2D eigenvalue weighted by atomic mass is 16.5. The first-order valence-electron chi connectivity index (χ1n) is 6.09. The van der Waals surface area contributed by atoms with Crippen molar-refractivity contribution >= 4 is 5.97 Å². The van der Waals surface area contributed by atoms with Crippen LogP contribution in [0.2, 0.25) is 0 Å². The number of rotatable bonds is 6. The van der Waals surface area contributed by atoms with Crippen molar-refractivity contribution in [2.45, 2.75) is 38.4 Å². The van der Waals surface area contributed by atoms with Crippen molar-refractivity contribution in [1.29, 1.82) is 0 Å². The fourth-order valence-electron chi connectivity index (χ4n) is 1.96. The lowest BCUT2D eigenvalue weighted by Crippen LogP contribution is -2.31. The van der Waals surface area contributed by atoms with Gasteiger partial charge in [-0.2, -0.15) is 0 Å². The zero-order valence-corrected chi connectivity index (χ0v) is 10.0. The molecule has 0 heterocycles. The van der Waals surface area contributed by atoms with E-state index in [0.29, 0.717) is 12.3 Å². The van der Waals surface area contributed by atoms with Crippen molar-refractivity contribution in [3.8, 4) is 0 Å². The Morgan fingerprint density at radius 3 is 2.59 bits per heavy atom. The van der Waals surface area contributed by atoms with Gasteiger partial charge in [0.2, 0.25) is 0 Å². The minimum atomic E-state index is -0.874. The number of carboxylic acids is 1. The summed E-state index contributed by atoms with van der Waals surface area (Å²) in [6, 6.07) is 9.62. The van der Waals surface area contributed by atoms with E-state index >= 15 is 0 Å². The molecule has 1 aliphatic carbocycles. The standard InChI is InChI=1S/C14H18O3/c1-10(12-7-8-12)17-13(14(15)16)9-11-5-3-2-4-6-11/h2-6,10,12-13H,7-9H2,1H3,(H,15,16)/t10?,13-/m0/s1. The summed E-state index contributed by atoms with van der Waals surface area (Å²) in [5.41, 5.74) is 1.00. The third-order valence-electron chi connectivity index (χ3n) is 3.20. The molecule has 0 aromatic heterocycles. The summed E-state index contributed by atoms with van der Waals surface area (Å²) >= 11 is 0. The predicted octanol–water partition coefficient (Wildman–Crippen LogP) is 2.50. The Morgan fingerprint density at radius 2 is 2.06 bits per heavy atom. The summed E-state index contributed by atoms with van der Waals surface area (Å²) in [7, 11) is 0. The lowest BCUT2D eigenvalue weighted by molar-refractivity contribution is -0.154. The molecule has 17 heavy (non-hydrogen) atoms.